The molecule has 1 saturated heterocycles. The van der Waals surface area contributed by atoms with E-state index in [9.17, 15) is 13.2 Å². The Balaban J connectivity index is 2.61. The zero-order chi connectivity index (χ0) is 11.5. The number of hydrogen-bond acceptors (Lipinski definition) is 4. The lowest BCUT2D eigenvalue weighted by Crippen LogP contribution is -2.23. The van der Waals surface area contributed by atoms with E-state index in [1.165, 1.54) is 7.11 Å². The highest BCUT2D eigenvalue weighted by molar-refractivity contribution is 7.91. The zero-order valence-corrected chi connectivity index (χ0v) is 9.50. The minimum atomic E-state index is -2.94. The van der Waals surface area contributed by atoms with Gasteiger partial charge in [0, 0.05) is 13.7 Å². The first-order chi connectivity index (χ1) is 6.94. The van der Waals surface area contributed by atoms with Gasteiger partial charge < -0.3 is 9.84 Å². The van der Waals surface area contributed by atoms with Gasteiger partial charge in [-0.15, -0.1) is 0 Å². The largest absolute Gasteiger partial charge is 0.481 e. The molecule has 0 saturated carbocycles. The van der Waals surface area contributed by atoms with Crippen molar-refractivity contribution >= 4 is 15.8 Å². The van der Waals surface area contributed by atoms with Gasteiger partial charge in [-0.3, -0.25) is 4.79 Å². The maximum Gasteiger partial charge on any atom is 0.303 e. The minimum absolute atomic E-state index is 0.0198. The monoisotopic (exact) mass is 236 g/mol. The van der Waals surface area contributed by atoms with Crippen molar-refractivity contribution in [2.24, 2.45) is 11.8 Å². The average Bonchev–Trinajstić information content (AvgIpc) is 2.44. The van der Waals surface area contributed by atoms with Crippen molar-refractivity contribution in [3.8, 4) is 0 Å². The first-order valence-electron chi connectivity index (χ1n) is 4.86. The van der Waals surface area contributed by atoms with E-state index >= 15 is 0 Å². The molecule has 0 amide bonds. The number of aliphatic carboxylic acids is 1. The molecule has 2 unspecified atom stereocenters. The Morgan fingerprint density at radius 1 is 1.60 bits per heavy atom. The van der Waals surface area contributed by atoms with Gasteiger partial charge in [-0.2, -0.15) is 0 Å². The second kappa shape index (κ2) is 4.94. The standard InChI is InChI=1S/C9H16O5S/c1-14-5-8(4-9(10)11)7-2-3-15(12,13)6-7/h7-8H,2-6H2,1H3,(H,10,11). The molecule has 0 spiro atoms. The van der Waals surface area contributed by atoms with Gasteiger partial charge in [0.15, 0.2) is 9.84 Å². The van der Waals surface area contributed by atoms with Gasteiger partial charge in [0.05, 0.1) is 17.9 Å². The lowest BCUT2D eigenvalue weighted by atomic mass is 9.90. The van der Waals surface area contributed by atoms with Crippen molar-refractivity contribution in [3.63, 3.8) is 0 Å². The fraction of sp³-hybridized carbons (Fsp3) is 0.889. The molecule has 1 aliphatic rings. The summed E-state index contributed by atoms with van der Waals surface area (Å²) < 4.78 is 27.4. The summed E-state index contributed by atoms with van der Waals surface area (Å²) in [6, 6.07) is 0. The Bertz CT molecular complexity index is 321. The second-order valence-electron chi connectivity index (χ2n) is 3.98. The Labute approximate surface area is 89.3 Å². The second-order valence-corrected chi connectivity index (χ2v) is 6.21. The van der Waals surface area contributed by atoms with Gasteiger partial charge in [0.25, 0.3) is 0 Å². The molecule has 0 bridgehead atoms. The highest BCUT2D eigenvalue weighted by Gasteiger charge is 2.34. The SMILES string of the molecule is COCC(CC(=O)O)C1CCS(=O)(=O)C1. The zero-order valence-electron chi connectivity index (χ0n) is 8.68. The molecule has 88 valence electrons. The first-order valence-corrected chi connectivity index (χ1v) is 6.68. The molecular weight excluding hydrogens is 220 g/mol. The summed E-state index contributed by atoms with van der Waals surface area (Å²) in [5, 5.41) is 8.70. The number of carboxylic acids is 1. The summed E-state index contributed by atoms with van der Waals surface area (Å²) in [6.45, 7) is 0.312. The predicted molar refractivity (Wildman–Crippen MR) is 54.4 cm³/mol. The summed E-state index contributed by atoms with van der Waals surface area (Å²) in [7, 11) is -1.44. The molecule has 5 nitrogen and oxygen atoms in total. The molecule has 15 heavy (non-hydrogen) atoms. The summed E-state index contributed by atoms with van der Waals surface area (Å²) in [4.78, 5) is 10.6. The Morgan fingerprint density at radius 3 is 2.67 bits per heavy atom. The number of carbonyl (C=O) groups is 1. The van der Waals surface area contributed by atoms with E-state index in [0.29, 0.717) is 13.0 Å². The molecule has 6 heteroatoms. The van der Waals surface area contributed by atoms with Gasteiger partial charge in [0.1, 0.15) is 0 Å². The highest BCUT2D eigenvalue weighted by atomic mass is 32.2. The number of ether oxygens (including phenoxy) is 1. The van der Waals surface area contributed by atoms with Crippen molar-refractivity contribution in [2.45, 2.75) is 12.8 Å². The van der Waals surface area contributed by atoms with E-state index in [1.54, 1.807) is 0 Å². The topological polar surface area (TPSA) is 80.7 Å². The smallest absolute Gasteiger partial charge is 0.303 e. The van der Waals surface area contributed by atoms with Crippen LogP contribution in [-0.4, -0.2) is 44.7 Å². The summed E-state index contributed by atoms with van der Waals surface area (Å²) in [6.07, 6.45) is 0.539. The van der Waals surface area contributed by atoms with E-state index in [1.807, 2.05) is 0 Å². The minimum Gasteiger partial charge on any atom is -0.481 e. The van der Waals surface area contributed by atoms with Crippen LogP contribution in [0.4, 0.5) is 0 Å². The van der Waals surface area contributed by atoms with Gasteiger partial charge in [0.2, 0.25) is 0 Å². The lowest BCUT2D eigenvalue weighted by Gasteiger charge is -2.19. The summed E-state index contributed by atoms with van der Waals surface area (Å²) in [5.41, 5.74) is 0. The Hall–Kier alpha value is -0.620. The van der Waals surface area contributed by atoms with Crippen LogP contribution in [0, 0.1) is 11.8 Å². The van der Waals surface area contributed by atoms with Crippen molar-refractivity contribution in [2.75, 3.05) is 25.2 Å². The number of rotatable bonds is 5. The third kappa shape index (κ3) is 3.79. The molecule has 2 atom stereocenters. The van der Waals surface area contributed by atoms with E-state index in [4.69, 9.17) is 9.84 Å². The number of carboxylic acid groups (broad SMARTS) is 1. The molecule has 0 aromatic heterocycles. The van der Waals surface area contributed by atoms with Crippen LogP contribution in [-0.2, 0) is 19.4 Å². The molecule has 0 aliphatic carbocycles. The third-order valence-electron chi connectivity index (χ3n) is 2.75. The number of sulfone groups is 1. The Morgan fingerprint density at radius 2 is 2.27 bits per heavy atom. The van der Waals surface area contributed by atoms with Gasteiger partial charge >= 0.3 is 5.97 Å². The van der Waals surface area contributed by atoms with E-state index < -0.39 is 15.8 Å². The summed E-state index contributed by atoms with van der Waals surface area (Å²) >= 11 is 0. The predicted octanol–water partition coefficient (Wildman–Crippen LogP) is 0.158. The van der Waals surface area contributed by atoms with E-state index in [2.05, 4.69) is 0 Å². The fourth-order valence-electron chi connectivity index (χ4n) is 2.00. The van der Waals surface area contributed by atoms with Gasteiger partial charge in [-0.25, -0.2) is 8.42 Å². The number of methoxy groups -OCH3 is 1. The van der Waals surface area contributed by atoms with Crippen LogP contribution in [0.5, 0.6) is 0 Å². The van der Waals surface area contributed by atoms with Crippen LogP contribution >= 0.6 is 0 Å². The van der Waals surface area contributed by atoms with Crippen LogP contribution in [0.25, 0.3) is 0 Å². The maximum atomic E-state index is 11.2. The molecule has 0 aromatic rings. The summed E-state index contributed by atoms with van der Waals surface area (Å²) in [5.74, 6) is -0.872. The molecule has 0 aromatic carbocycles. The lowest BCUT2D eigenvalue weighted by molar-refractivity contribution is -0.139. The molecule has 0 radical (unpaired) electrons. The van der Waals surface area contributed by atoms with Crippen molar-refractivity contribution < 1.29 is 23.1 Å². The third-order valence-corrected chi connectivity index (χ3v) is 4.55. The quantitative estimate of drug-likeness (QED) is 0.735. The fourth-order valence-corrected chi connectivity index (χ4v) is 3.92. The first kappa shape index (κ1) is 12.4. The average molecular weight is 236 g/mol. The van der Waals surface area contributed by atoms with Crippen LogP contribution in [0.3, 0.4) is 0 Å². The van der Waals surface area contributed by atoms with Crippen LogP contribution in [0.1, 0.15) is 12.8 Å². The van der Waals surface area contributed by atoms with E-state index in [0.717, 1.165) is 0 Å². The molecule has 1 heterocycles. The van der Waals surface area contributed by atoms with Crippen LogP contribution < -0.4 is 0 Å². The van der Waals surface area contributed by atoms with Crippen molar-refractivity contribution in [3.05, 3.63) is 0 Å². The van der Waals surface area contributed by atoms with Gasteiger partial charge in [-0.05, 0) is 18.3 Å². The van der Waals surface area contributed by atoms with Crippen LogP contribution in [0.2, 0.25) is 0 Å². The normalized spacial score (nSPS) is 26.3. The van der Waals surface area contributed by atoms with E-state index in [-0.39, 0.29) is 29.8 Å². The molecule has 1 fully saturated rings. The van der Waals surface area contributed by atoms with Crippen molar-refractivity contribution in [1.29, 1.82) is 0 Å². The number of hydrogen-bond donors (Lipinski definition) is 1. The molecular formula is C9H16O5S. The molecule has 1 aliphatic heterocycles. The van der Waals surface area contributed by atoms with Gasteiger partial charge in [-0.1, -0.05) is 0 Å². The Kier molecular flexibility index (Phi) is 4.10. The van der Waals surface area contributed by atoms with Crippen LogP contribution in [0.15, 0.2) is 0 Å². The highest BCUT2D eigenvalue weighted by Crippen LogP contribution is 2.28. The molecule has 1 rings (SSSR count). The maximum absolute atomic E-state index is 11.2. The van der Waals surface area contributed by atoms with Crippen molar-refractivity contribution in [1.82, 2.24) is 0 Å². The molecule has 1 N–H and O–H groups in total.